The first kappa shape index (κ1) is 13.4. The van der Waals surface area contributed by atoms with Crippen LogP contribution in [0.4, 0.5) is 0 Å². The molecule has 0 saturated heterocycles. The summed E-state index contributed by atoms with van der Waals surface area (Å²) in [5.74, 6) is 0. The lowest BCUT2D eigenvalue weighted by Crippen LogP contribution is -2.39. The van der Waals surface area contributed by atoms with Gasteiger partial charge in [0.2, 0.25) is 0 Å². The Bertz CT molecular complexity index is 285. The minimum atomic E-state index is -4.14. The third-order valence-corrected chi connectivity index (χ3v) is 3.81. The predicted molar refractivity (Wildman–Crippen MR) is 57.6 cm³/mol. The summed E-state index contributed by atoms with van der Waals surface area (Å²) in [6, 6.07) is 0. The van der Waals surface area contributed by atoms with Gasteiger partial charge in [0.05, 0.1) is 0 Å². The van der Waals surface area contributed by atoms with Crippen LogP contribution in [0.5, 0.6) is 0 Å². The molecule has 0 amide bonds. The van der Waals surface area contributed by atoms with Crippen LogP contribution in [-0.2, 0) is 10.1 Å². The van der Waals surface area contributed by atoms with E-state index in [0.717, 1.165) is 0 Å². The highest BCUT2D eigenvalue weighted by atomic mass is 32.2. The monoisotopic (exact) mass is 219 g/mol. The van der Waals surface area contributed by atoms with Gasteiger partial charge >= 0.3 is 0 Å². The molecule has 0 aliphatic rings. The van der Waals surface area contributed by atoms with E-state index < -0.39 is 14.9 Å². The molecule has 0 atom stereocenters. The molecule has 4 nitrogen and oxygen atoms in total. The van der Waals surface area contributed by atoms with Crippen molar-refractivity contribution < 1.29 is 13.0 Å². The highest BCUT2D eigenvalue weighted by Gasteiger charge is 2.39. The summed E-state index contributed by atoms with van der Waals surface area (Å²) in [4.78, 5) is 0. The smallest absolute Gasteiger partial charge is 0.271 e. The molecule has 0 unspecified atom stereocenters. The van der Waals surface area contributed by atoms with Gasteiger partial charge in [-0.05, 0) is 25.8 Å². The Morgan fingerprint density at radius 1 is 1.29 bits per heavy atom. The average Bonchev–Trinajstić information content (AvgIpc) is 2.03. The van der Waals surface area contributed by atoms with Gasteiger partial charge in [-0.2, -0.15) is 8.42 Å². The van der Waals surface area contributed by atoms with E-state index in [0.29, 0.717) is 0 Å². The fraction of sp³-hybridized carbons (Fsp3) is 0.556. The summed E-state index contributed by atoms with van der Waals surface area (Å²) in [5.41, 5.74) is 5.33. The van der Waals surface area contributed by atoms with Gasteiger partial charge in [-0.15, -0.1) is 13.2 Å². The van der Waals surface area contributed by atoms with E-state index in [1.165, 1.54) is 12.2 Å². The third kappa shape index (κ3) is 2.94. The molecule has 0 aliphatic heterocycles. The first-order chi connectivity index (χ1) is 6.43. The van der Waals surface area contributed by atoms with Gasteiger partial charge in [-0.25, -0.2) is 0 Å². The topological polar surface area (TPSA) is 80.4 Å². The van der Waals surface area contributed by atoms with Crippen molar-refractivity contribution in [2.45, 2.75) is 24.0 Å². The lowest BCUT2D eigenvalue weighted by atomic mass is 9.96. The number of rotatable bonds is 7. The molecule has 0 heterocycles. The van der Waals surface area contributed by atoms with Crippen molar-refractivity contribution in [1.29, 1.82) is 0 Å². The van der Waals surface area contributed by atoms with E-state index in [9.17, 15) is 8.42 Å². The molecule has 14 heavy (non-hydrogen) atoms. The second-order valence-corrected chi connectivity index (χ2v) is 5.00. The van der Waals surface area contributed by atoms with E-state index in [4.69, 9.17) is 10.3 Å². The molecule has 0 bridgehead atoms. The molecule has 0 radical (unpaired) electrons. The van der Waals surface area contributed by atoms with Crippen LogP contribution in [0.1, 0.15) is 19.3 Å². The van der Waals surface area contributed by atoms with Crippen molar-refractivity contribution in [1.82, 2.24) is 0 Å². The summed E-state index contributed by atoms with van der Waals surface area (Å²) < 4.78 is 30.4. The fourth-order valence-electron chi connectivity index (χ4n) is 1.42. The van der Waals surface area contributed by atoms with Crippen molar-refractivity contribution in [3.05, 3.63) is 25.3 Å². The maximum atomic E-state index is 11.2. The quantitative estimate of drug-likeness (QED) is 0.496. The van der Waals surface area contributed by atoms with Gasteiger partial charge in [0.15, 0.2) is 0 Å². The van der Waals surface area contributed by atoms with E-state index >= 15 is 0 Å². The molecule has 0 aromatic rings. The molecule has 0 aliphatic carbocycles. The van der Waals surface area contributed by atoms with E-state index in [1.54, 1.807) is 0 Å². The van der Waals surface area contributed by atoms with Gasteiger partial charge in [-0.1, -0.05) is 12.2 Å². The molecule has 5 heteroatoms. The Morgan fingerprint density at radius 2 is 1.71 bits per heavy atom. The lowest BCUT2D eigenvalue weighted by Gasteiger charge is -2.27. The van der Waals surface area contributed by atoms with Crippen LogP contribution >= 0.6 is 0 Å². The van der Waals surface area contributed by atoms with Crippen molar-refractivity contribution in [2.75, 3.05) is 6.54 Å². The zero-order chi connectivity index (χ0) is 11.2. The molecule has 0 aromatic carbocycles. The van der Waals surface area contributed by atoms with Crippen LogP contribution in [0.2, 0.25) is 0 Å². The van der Waals surface area contributed by atoms with Crippen molar-refractivity contribution in [2.24, 2.45) is 5.73 Å². The maximum absolute atomic E-state index is 11.2. The average molecular weight is 219 g/mol. The van der Waals surface area contributed by atoms with Crippen molar-refractivity contribution in [3.63, 3.8) is 0 Å². The lowest BCUT2D eigenvalue weighted by molar-refractivity contribution is 0.408. The number of hydrogen-bond acceptors (Lipinski definition) is 3. The highest BCUT2D eigenvalue weighted by Crippen LogP contribution is 2.29. The van der Waals surface area contributed by atoms with E-state index in [-0.39, 0.29) is 25.8 Å². The molecule has 3 N–H and O–H groups in total. The van der Waals surface area contributed by atoms with Crippen LogP contribution < -0.4 is 5.73 Å². The SMILES string of the molecule is C=CCC(CC=C)(CCN)S(=O)(=O)O. The Labute approximate surface area is 85.2 Å². The predicted octanol–water partition coefficient (Wildman–Crippen LogP) is 1.11. The number of allylic oxidation sites excluding steroid dienone is 2. The van der Waals surface area contributed by atoms with Gasteiger partial charge in [-0.3, -0.25) is 4.55 Å². The zero-order valence-electron chi connectivity index (χ0n) is 8.15. The van der Waals surface area contributed by atoms with E-state index in [1.807, 2.05) is 0 Å². The normalized spacial score (nSPS) is 12.4. The summed E-state index contributed by atoms with van der Waals surface area (Å²) >= 11 is 0. The summed E-state index contributed by atoms with van der Waals surface area (Å²) in [6.45, 7) is 7.14. The minimum absolute atomic E-state index is 0.176. The standard InChI is InChI=1S/C9H17NO3S/c1-3-5-9(6-4-2,7-8-10)14(11,12)13/h3-4H,1-2,5-8,10H2,(H,11,12,13). The molecule has 0 aromatic heterocycles. The Kier molecular flexibility index (Phi) is 5.04. The second kappa shape index (κ2) is 5.29. The number of hydrogen-bond donors (Lipinski definition) is 2. The Hall–Kier alpha value is -0.650. The number of nitrogens with two attached hydrogens (primary N) is 1. The molecule has 0 saturated carbocycles. The second-order valence-electron chi connectivity index (χ2n) is 3.18. The van der Waals surface area contributed by atoms with Crippen LogP contribution in [0.3, 0.4) is 0 Å². The molecule has 0 rings (SSSR count). The maximum Gasteiger partial charge on any atom is 0.271 e. The van der Waals surface area contributed by atoms with Gasteiger partial charge in [0.1, 0.15) is 4.75 Å². The Balaban J connectivity index is 5.12. The summed E-state index contributed by atoms with van der Waals surface area (Å²) in [7, 11) is -4.14. The fourth-order valence-corrected chi connectivity index (χ4v) is 2.45. The minimum Gasteiger partial charge on any atom is -0.330 e. The molecule has 0 fully saturated rings. The van der Waals surface area contributed by atoms with Crippen molar-refractivity contribution in [3.8, 4) is 0 Å². The molecular weight excluding hydrogens is 202 g/mol. The molecule has 0 spiro atoms. The Morgan fingerprint density at radius 3 is 1.93 bits per heavy atom. The van der Waals surface area contributed by atoms with Crippen molar-refractivity contribution >= 4 is 10.1 Å². The first-order valence-electron chi connectivity index (χ1n) is 4.32. The molecular formula is C9H17NO3S. The highest BCUT2D eigenvalue weighted by molar-refractivity contribution is 7.87. The third-order valence-electron chi connectivity index (χ3n) is 2.18. The van der Waals surface area contributed by atoms with Gasteiger partial charge in [0, 0.05) is 0 Å². The van der Waals surface area contributed by atoms with Crippen LogP contribution in [0.15, 0.2) is 25.3 Å². The van der Waals surface area contributed by atoms with Crippen LogP contribution in [-0.4, -0.2) is 24.3 Å². The van der Waals surface area contributed by atoms with E-state index in [2.05, 4.69) is 13.2 Å². The summed E-state index contributed by atoms with van der Waals surface area (Å²) in [5, 5.41) is 0. The molecule has 82 valence electrons. The van der Waals surface area contributed by atoms with Crippen LogP contribution in [0, 0.1) is 0 Å². The first-order valence-corrected chi connectivity index (χ1v) is 5.76. The van der Waals surface area contributed by atoms with Gasteiger partial charge in [0.25, 0.3) is 10.1 Å². The largest absolute Gasteiger partial charge is 0.330 e. The summed E-state index contributed by atoms with van der Waals surface area (Å²) in [6.07, 6.45) is 3.48. The van der Waals surface area contributed by atoms with Gasteiger partial charge < -0.3 is 5.73 Å². The zero-order valence-corrected chi connectivity index (χ0v) is 8.96. The van der Waals surface area contributed by atoms with Crippen LogP contribution in [0.25, 0.3) is 0 Å².